The van der Waals surface area contributed by atoms with Crippen molar-refractivity contribution >= 4 is 40.1 Å². The van der Waals surface area contributed by atoms with Gasteiger partial charge in [-0.05, 0) is 37.1 Å². The summed E-state index contributed by atoms with van der Waals surface area (Å²) in [5.74, 6) is -3.15. The highest BCUT2D eigenvalue weighted by atomic mass is 35.5. The molecule has 12 nitrogen and oxygen atoms in total. The number of hydrogen-bond acceptors (Lipinski definition) is 8. The third kappa shape index (κ3) is 7.02. The number of anilines is 1. The molecule has 2 atom stereocenters. The van der Waals surface area contributed by atoms with E-state index in [2.05, 4.69) is 30.2 Å². The molecule has 1 N–H and O–H groups in total. The van der Waals surface area contributed by atoms with Crippen molar-refractivity contribution in [3.8, 4) is 22.5 Å². The third-order valence-electron chi connectivity index (χ3n) is 8.05. The molecule has 1 aromatic carbocycles. The standard InChI is InChI=1S/C31H26ClF5N8O4/c1-16-3-2-4-24(22-10-17(5-6-38-22)27-23(41-28(16)47)13-40-45(27)30(33)34)44-15-39-21(12-25(44)46)20-11-19(32)9-18-14-43(42-26(18)20)7-8-49-29(48)31(35,36)37/h5-6,9-16,24,30H,2-4,7-8H2,1H3,(H,41,47)/t16-,24+/m1/s1. The Labute approximate surface area is 278 Å². The first-order chi connectivity index (χ1) is 23.3. The number of alkyl halides is 5. The summed E-state index contributed by atoms with van der Waals surface area (Å²) in [5.41, 5.74) is 1.24. The summed E-state index contributed by atoms with van der Waals surface area (Å²) in [6.07, 6.45) is 1.60. The molecule has 49 heavy (non-hydrogen) atoms. The largest absolute Gasteiger partial charge is 0.490 e. The monoisotopic (exact) mass is 704 g/mol. The van der Waals surface area contributed by atoms with E-state index < -0.39 is 42.8 Å². The van der Waals surface area contributed by atoms with Gasteiger partial charge in [0.05, 0.1) is 47.9 Å². The fourth-order valence-electron chi connectivity index (χ4n) is 5.66. The molecule has 18 heteroatoms. The molecule has 1 aliphatic rings. The Kier molecular flexibility index (Phi) is 9.20. The summed E-state index contributed by atoms with van der Waals surface area (Å²) >= 11 is 6.34. The van der Waals surface area contributed by atoms with Crippen molar-refractivity contribution in [2.24, 2.45) is 5.92 Å². The van der Waals surface area contributed by atoms with Crippen molar-refractivity contribution in [1.29, 1.82) is 0 Å². The van der Waals surface area contributed by atoms with Gasteiger partial charge in [0.2, 0.25) is 5.91 Å². The number of ether oxygens (including phenoxy) is 1. The number of hydrogen-bond donors (Lipinski definition) is 1. The van der Waals surface area contributed by atoms with Crippen molar-refractivity contribution in [2.75, 3.05) is 11.9 Å². The Bertz CT molecular complexity index is 2110. The highest BCUT2D eigenvalue weighted by Gasteiger charge is 2.40. The molecule has 0 aliphatic carbocycles. The molecular weight excluding hydrogens is 679 g/mol. The van der Waals surface area contributed by atoms with Gasteiger partial charge in [-0.3, -0.25) is 23.8 Å². The molecule has 0 saturated carbocycles. The summed E-state index contributed by atoms with van der Waals surface area (Å²) in [5, 5.41) is 11.6. The molecule has 5 heterocycles. The van der Waals surface area contributed by atoms with E-state index in [4.69, 9.17) is 11.6 Å². The Morgan fingerprint density at radius 2 is 1.94 bits per heavy atom. The van der Waals surface area contributed by atoms with Crippen LogP contribution in [-0.2, 0) is 20.9 Å². The molecule has 0 fully saturated rings. The number of benzene rings is 1. The minimum atomic E-state index is -5.12. The molecule has 1 aliphatic heterocycles. The number of nitrogens with zero attached hydrogens (tertiary/aromatic N) is 7. The van der Waals surface area contributed by atoms with E-state index >= 15 is 0 Å². The average Bonchev–Trinajstić information content (AvgIpc) is 3.66. The summed E-state index contributed by atoms with van der Waals surface area (Å²) < 4.78 is 72.8. The van der Waals surface area contributed by atoms with Gasteiger partial charge < -0.3 is 10.1 Å². The van der Waals surface area contributed by atoms with Crippen molar-refractivity contribution in [1.82, 2.24) is 34.1 Å². The maximum absolute atomic E-state index is 14.0. The number of rotatable bonds is 6. The van der Waals surface area contributed by atoms with Crippen LogP contribution < -0.4 is 10.9 Å². The summed E-state index contributed by atoms with van der Waals surface area (Å²) in [6, 6.07) is 6.77. The molecule has 5 aromatic rings. The lowest BCUT2D eigenvalue weighted by Gasteiger charge is -2.22. The zero-order valence-corrected chi connectivity index (χ0v) is 26.3. The van der Waals surface area contributed by atoms with Gasteiger partial charge in [0.25, 0.3) is 5.56 Å². The number of aromatic nitrogens is 7. The molecular formula is C31H26ClF5N8O4. The van der Waals surface area contributed by atoms with Crippen LogP contribution in [0.1, 0.15) is 44.5 Å². The van der Waals surface area contributed by atoms with Crippen LogP contribution >= 0.6 is 11.6 Å². The molecule has 256 valence electrons. The van der Waals surface area contributed by atoms with Gasteiger partial charge in [-0.15, -0.1) is 0 Å². The first-order valence-corrected chi connectivity index (χ1v) is 15.3. The first-order valence-electron chi connectivity index (χ1n) is 14.9. The Morgan fingerprint density at radius 1 is 1.14 bits per heavy atom. The number of halogens is 6. The third-order valence-corrected chi connectivity index (χ3v) is 8.27. The smallest absolute Gasteiger partial charge is 0.457 e. The van der Waals surface area contributed by atoms with E-state index in [-0.39, 0.29) is 34.5 Å². The predicted molar refractivity (Wildman–Crippen MR) is 166 cm³/mol. The van der Waals surface area contributed by atoms with Crippen LogP contribution in [0.15, 0.2) is 60.0 Å². The quantitative estimate of drug-likeness (QED) is 0.167. The van der Waals surface area contributed by atoms with Gasteiger partial charge in [0, 0.05) is 45.9 Å². The maximum atomic E-state index is 14.0. The van der Waals surface area contributed by atoms with Crippen molar-refractivity contribution in [3.05, 3.63) is 76.3 Å². The first kappa shape index (κ1) is 33.7. The number of esters is 1. The number of amides is 1. The topological polar surface area (TPSA) is 139 Å². The predicted octanol–water partition coefficient (Wildman–Crippen LogP) is 6.02. The van der Waals surface area contributed by atoms with Crippen LogP contribution in [0.3, 0.4) is 0 Å². The van der Waals surface area contributed by atoms with Crippen LogP contribution in [0.4, 0.5) is 27.6 Å². The molecule has 0 radical (unpaired) electrons. The van der Waals surface area contributed by atoms with E-state index in [1.165, 1.54) is 52.4 Å². The minimum Gasteiger partial charge on any atom is -0.457 e. The summed E-state index contributed by atoms with van der Waals surface area (Å²) in [6.45, 7) is -2.05. The van der Waals surface area contributed by atoms with Gasteiger partial charge in [-0.25, -0.2) is 14.5 Å². The average molecular weight is 705 g/mol. The second kappa shape index (κ2) is 13.4. The summed E-state index contributed by atoms with van der Waals surface area (Å²) in [7, 11) is 0. The van der Waals surface area contributed by atoms with Crippen LogP contribution in [-0.4, -0.2) is 58.8 Å². The zero-order valence-electron chi connectivity index (χ0n) is 25.5. The second-order valence-electron chi connectivity index (χ2n) is 11.4. The highest BCUT2D eigenvalue weighted by Crippen LogP contribution is 2.35. The van der Waals surface area contributed by atoms with Crippen LogP contribution in [0.2, 0.25) is 5.02 Å². The molecule has 0 saturated heterocycles. The van der Waals surface area contributed by atoms with Crippen molar-refractivity contribution < 1.29 is 36.3 Å². The van der Waals surface area contributed by atoms with Gasteiger partial charge in [-0.2, -0.15) is 32.1 Å². The van der Waals surface area contributed by atoms with Crippen LogP contribution in [0, 0.1) is 5.92 Å². The second-order valence-corrected chi connectivity index (χ2v) is 11.8. The van der Waals surface area contributed by atoms with Gasteiger partial charge in [0.1, 0.15) is 12.1 Å². The minimum absolute atomic E-state index is 0.0118. The van der Waals surface area contributed by atoms with E-state index in [0.717, 1.165) is 0 Å². The van der Waals surface area contributed by atoms with E-state index in [9.17, 15) is 36.3 Å². The maximum Gasteiger partial charge on any atom is 0.490 e. The number of nitrogens with one attached hydrogen (secondary N) is 1. The Morgan fingerprint density at radius 3 is 2.67 bits per heavy atom. The fraction of sp³-hybridized carbons (Fsp3) is 0.323. The highest BCUT2D eigenvalue weighted by molar-refractivity contribution is 6.31. The van der Waals surface area contributed by atoms with Crippen LogP contribution in [0.25, 0.3) is 33.4 Å². The Balaban J connectivity index is 1.35. The van der Waals surface area contributed by atoms with Gasteiger partial charge in [0.15, 0.2) is 0 Å². The van der Waals surface area contributed by atoms with Crippen molar-refractivity contribution in [2.45, 2.75) is 51.5 Å². The lowest BCUT2D eigenvalue weighted by Crippen LogP contribution is -2.27. The number of fused-ring (bicyclic) bond motifs is 5. The van der Waals surface area contributed by atoms with E-state index in [0.29, 0.717) is 51.7 Å². The lowest BCUT2D eigenvalue weighted by molar-refractivity contribution is -0.199. The molecule has 2 bridgehead atoms. The molecule has 0 spiro atoms. The lowest BCUT2D eigenvalue weighted by atomic mass is 9.97. The number of carbonyl (C=O) groups excluding carboxylic acids is 2. The molecule has 4 aromatic heterocycles. The normalized spacial score (nSPS) is 16.9. The van der Waals surface area contributed by atoms with Crippen LogP contribution in [0.5, 0.6) is 0 Å². The summed E-state index contributed by atoms with van der Waals surface area (Å²) in [4.78, 5) is 46.7. The Hall–Kier alpha value is -5.19. The van der Waals surface area contributed by atoms with Gasteiger partial charge in [-0.1, -0.05) is 24.9 Å². The number of carbonyl (C=O) groups is 2. The fourth-order valence-corrected chi connectivity index (χ4v) is 5.89. The van der Waals surface area contributed by atoms with E-state index in [1.54, 1.807) is 19.1 Å². The van der Waals surface area contributed by atoms with Gasteiger partial charge >= 0.3 is 18.7 Å². The molecule has 1 amide bonds. The molecule has 0 unspecified atom stereocenters. The SMILES string of the molecule is C[C@@H]1CCC[C@H](n2cnc(-c3cc(Cl)cc4cn(CCOC(=O)C(F)(F)F)nc34)cc2=O)c2cc(ccn2)-c2c(cnn2C(F)F)NC1=O. The van der Waals surface area contributed by atoms with E-state index in [1.807, 2.05) is 0 Å². The molecule has 6 rings (SSSR count). The van der Waals surface area contributed by atoms with Crippen molar-refractivity contribution in [3.63, 3.8) is 0 Å². The zero-order chi connectivity index (χ0) is 35.0. The number of pyridine rings is 1.